The summed E-state index contributed by atoms with van der Waals surface area (Å²) in [6, 6.07) is 8.83. The molecule has 1 aromatic carbocycles. The van der Waals surface area contributed by atoms with Crippen molar-refractivity contribution in [2.75, 3.05) is 5.32 Å². The molecule has 5 heteroatoms. The van der Waals surface area contributed by atoms with E-state index >= 15 is 0 Å². The van der Waals surface area contributed by atoms with Gasteiger partial charge in [-0.2, -0.15) is 0 Å². The first-order chi connectivity index (χ1) is 9.72. The number of nitrogens with zero attached hydrogens (tertiary/aromatic N) is 2. The molecule has 0 saturated carbocycles. The molecule has 0 spiro atoms. The van der Waals surface area contributed by atoms with E-state index in [1.165, 1.54) is 12.1 Å². The summed E-state index contributed by atoms with van der Waals surface area (Å²) in [5, 5.41) is 6.45. The van der Waals surface area contributed by atoms with E-state index in [9.17, 15) is 4.39 Å². The molecule has 1 N–H and O–H groups in total. The number of hydrogen-bond donors (Lipinski definition) is 1. The lowest BCUT2D eigenvalue weighted by Crippen LogP contribution is -2.19. The van der Waals surface area contributed by atoms with Crippen LogP contribution in [-0.4, -0.2) is 16.0 Å². The second-order valence-electron chi connectivity index (χ2n) is 4.74. The van der Waals surface area contributed by atoms with E-state index in [0.717, 1.165) is 28.0 Å². The molecule has 1 unspecified atom stereocenters. The van der Waals surface area contributed by atoms with Gasteiger partial charge in [0.2, 0.25) is 0 Å². The fourth-order valence-corrected chi connectivity index (χ4v) is 2.90. The van der Waals surface area contributed by atoms with Crippen molar-refractivity contribution in [1.82, 2.24) is 9.97 Å². The van der Waals surface area contributed by atoms with Crippen LogP contribution in [0.25, 0.3) is 10.2 Å². The largest absolute Gasteiger partial charge is 0.367 e. The number of hydrogen-bond acceptors (Lipinski definition) is 4. The van der Waals surface area contributed by atoms with Crippen LogP contribution in [0.15, 0.2) is 42.0 Å². The standard InChI is InChI=1S/C15H14FN3S/c1-10(8-11-2-4-12(16)5-3-11)19-14-13-6-7-20-15(13)18-9-17-14/h2-7,9-10H,8H2,1H3,(H,17,18,19). The van der Waals surface area contributed by atoms with Crippen molar-refractivity contribution in [2.45, 2.75) is 19.4 Å². The maximum atomic E-state index is 12.9. The highest BCUT2D eigenvalue weighted by Crippen LogP contribution is 2.24. The van der Waals surface area contributed by atoms with Crippen molar-refractivity contribution >= 4 is 27.4 Å². The van der Waals surface area contributed by atoms with Crippen LogP contribution >= 0.6 is 11.3 Å². The third-order valence-electron chi connectivity index (χ3n) is 3.10. The molecule has 0 bridgehead atoms. The predicted molar refractivity (Wildman–Crippen MR) is 80.6 cm³/mol. The molecule has 0 amide bonds. The van der Waals surface area contributed by atoms with E-state index in [1.807, 2.05) is 23.6 Å². The van der Waals surface area contributed by atoms with E-state index in [4.69, 9.17) is 0 Å². The first-order valence-corrected chi connectivity index (χ1v) is 7.29. The average molecular weight is 287 g/mol. The molecule has 0 aliphatic carbocycles. The summed E-state index contributed by atoms with van der Waals surface area (Å²) in [5.74, 6) is 0.649. The Balaban J connectivity index is 1.74. The topological polar surface area (TPSA) is 37.8 Å². The molecular formula is C15H14FN3S. The van der Waals surface area contributed by atoms with Gasteiger partial charge in [-0.3, -0.25) is 0 Å². The molecule has 20 heavy (non-hydrogen) atoms. The lowest BCUT2D eigenvalue weighted by molar-refractivity contribution is 0.626. The highest BCUT2D eigenvalue weighted by atomic mass is 32.1. The number of fused-ring (bicyclic) bond motifs is 1. The SMILES string of the molecule is CC(Cc1ccc(F)cc1)Nc1ncnc2sccc12. The van der Waals surface area contributed by atoms with E-state index in [0.29, 0.717) is 0 Å². The van der Waals surface area contributed by atoms with E-state index in [2.05, 4.69) is 22.2 Å². The summed E-state index contributed by atoms with van der Waals surface area (Å²) in [6.45, 7) is 2.09. The summed E-state index contributed by atoms with van der Waals surface area (Å²) in [5.41, 5.74) is 1.10. The zero-order valence-electron chi connectivity index (χ0n) is 11.0. The highest BCUT2D eigenvalue weighted by Gasteiger charge is 2.09. The van der Waals surface area contributed by atoms with Crippen molar-refractivity contribution in [3.8, 4) is 0 Å². The summed E-state index contributed by atoms with van der Waals surface area (Å²) >= 11 is 1.60. The minimum Gasteiger partial charge on any atom is -0.367 e. The van der Waals surface area contributed by atoms with Gasteiger partial charge in [0, 0.05) is 6.04 Å². The summed E-state index contributed by atoms with van der Waals surface area (Å²) in [6.07, 6.45) is 2.39. The summed E-state index contributed by atoms with van der Waals surface area (Å²) in [4.78, 5) is 9.51. The van der Waals surface area contributed by atoms with Gasteiger partial charge >= 0.3 is 0 Å². The van der Waals surface area contributed by atoms with Gasteiger partial charge in [0.1, 0.15) is 22.8 Å². The van der Waals surface area contributed by atoms with E-state index in [1.54, 1.807) is 17.7 Å². The van der Waals surface area contributed by atoms with Gasteiger partial charge in [0.15, 0.2) is 0 Å². The van der Waals surface area contributed by atoms with Gasteiger partial charge in [0.25, 0.3) is 0 Å². The molecule has 102 valence electrons. The molecule has 2 heterocycles. The maximum Gasteiger partial charge on any atom is 0.138 e. The lowest BCUT2D eigenvalue weighted by Gasteiger charge is -2.15. The second-order valence-corrected chi connectivity index (χ2v) is 5.63. The number of aromatic nitrogens is 2. The van der Waals surface area contributed by atoms with Crippen LogP contribution in [0.2, 0.25) is 0 Å². The number of benzene rings is 1. The van der Waals surface area contributed by atoms with Crippen molar-refractivity contribution in [1.29, 1.82) is 0 Å². The Morgan fingerprint density at radius 2 is 2.00 bits per heavy atom. The van der Waals surface area contributed by atoms with Gasteiger partial charge in [-0.05, 0) is 42.5 Å². The molecule has 1 atom stereocenters. The van der Waals surface area contributed by atoms with Gasteiger partial charge in [-0.15, -0.1) is 11.3 Å². The maximum absolute atomic E-state index is 12.9. The molecular weight excluding hydrogens is 273 g/mol. The first-order valence-electron chi connectivity index (χ1n) is 6.41. The molecule has 3 aromatic rings. The van der Waals surface area contributed by atoms with Crippen LogP contribution < -0.4 is 5.32 Å². The Kier molecular flexibility index (Phi) is 3.60. The summed E-state index contributed by atoms with van der Waals surface area (Å²) in [7, 11) is 0. The van der Waals surface area contributed by atoms with Crippen LogP contribution in [0.3, 0.4) is 0 Å². The second kappa shape index (κ2) is 5.54. The molecule has 0 aliphatic heterocycles. The minimum absolute atomic E-state index is 0.204. The molecule has 0 aliphatic rings. The molecule has 3 nitrogen and oxygen atoms in total. The molecule has 0 saturated heterocycles. The number of anilines is 1. The van der Waals surface area contributed by atoms with Gasteiger partial charge in [-0.1, -0.05) is 12.1 Å². The van der Waals surface area contributed by atoms with Crippen molar-refractivity contribution in [3.63, 3.8) is 0 Å². The monoisotopic (exact) mass is 287 g/mol. The van der Waals surface area contributed by atoms with Crippen LogP contribution in [-0.2, 0) is 6.42 Å². The first kappa shape index (κ1) is 13.0. The highest BCUT2D eigenvalue weighted by molar-refractivity contribution is 7.16. The third-order valence-corrected chi connectivity index (χ3v) is 3.92. The van der Waals surface area contributed by atoms with Gasteiger partial charge < -0.3 is 5.32 Å². The number of nitrogens with one attached hydrogen (secondary N) is 1. The van der Waals surface area contributed by atoms with Crippen molar-refractivity contribution in [2.24, 2.45) is 0 Å². The Hall–Kier alpha value is -2.01. The fourth-order valence-electron chi connectivity index (χ4n) is 2.16. The van der Waals surface area contributed by atoms with Crippen LogP contribution in [0.5, 0.6) is 0 Å². The molecule has 0 fully saturated rings. The quantitative estimate of drug-likeness (QED) is 0.791. The average Bonchev–Trinajstić information content (AvgIpc) is 2.91. The van der Waals surface area contributed by atoms with Crippen LogP contribution in [0.4, 0.5) is 10.2 Å². The Morgan fingerprint density at radius 3 is 2.80 bits per heavy atom. The Morgan fingerprint density at radius 1 is 1.20 bits per heavy atom. The third kappa shape index (κ3) is 2.77. The molecule has 0 radical (unpaired) electrons. The van der Waals surface area contributed by atoms with Gasteiger partial charge in [-0.25, -0.2) is 14.4 Å². The predicted octanol–water partition coefficient (Wildman–Crippen LogP) is 3.87. The normalized spacial score (nSPS) is 12.5. The molecule has 3 rings (SSSR count). The van der Waals surface area contributed by atoms with Crippen molar-refractivity contribution in [3.05, 3.63) is 53.4 Å². The number of halogens is 1. The van der Waals surface area contributed by atoms with Crippen molar-refractivity contribution < 1.29 is 4.39 Å². The number of rotatable bonds is 4. The number of thiophene rings is 1. The zero-order chi connectivity index (χ0) is 13.9. The smallest absolute Gasteiger partial charge is 0.138 e. The van der Waals surface area contributed by atoms with Crippen LogP contribution in [0, 0.1) is 5.82 Å². The molecule has 2 aromatic heterocycles. The Bertz CT molecular complexity index is 708. The summed E-state index contributed by atoms with van der Waals surface area (Å²) < 4.78 is 12.9. The van der Waals surface area contributed by atoms with Gasteiger partial charge in [0.05, 0.1) is 5.39 Å². The zero-order valence-corrected chi connectivity index (χ0v) is 11.8. The van der Waals surface area contributed by atoms with Crippen LogP contribution in [0.1, 0.15) is 12.5 Å². The Labute approximate surface area is 120 Å². The fraction of sp³-hybridized carbons (Fsp3) is 0.200. The minimum atomic E-state index is -0.204. The lowest BCUT2D eigenvalue weighted by atomic mass is 10.1. The van der Waals surface area contributed by atoms with E-state index < -0.39 is 0 Å². The van der Waals surface area contributed by atoms with E-state index in [-0.39, 0.29) is 11.9 Å².